The molecule has 0 aromatic heterocycles. The lowest BCUT2D eigenvalue weighted by Crippen LogP contribution is -2.23. The molecule has 0 aromatic carbocycles. The minimum atomic E-state index is -0.670. The smallest absolute Gasteiger partial charge is 0.306 e. The van der Waals surface area contributed by atoms with Gasteiger partial charge in [0.05, 0.1) is 5.92 Å². The summed E-state index contributed by atoms with van der Waals surface area (Å²) in [5.74, 6) is -0.962. The molecule has 30 heavy (non-hydrogen) atoms. The second-order valence-corrected chi connectivity index (χ2v) is 8.72. The minimum Gasteiger partial charge on any atom is -0.481 e. The van der Waals surface area contributed by atoms with Crippen molar-refractivity contribution in [3.8, 4) is 0 Å². The van der Waals surface area contributed by atoms with Gasteiger partial charge in [0.2, 0.25) is 0 Å². The third kappa shape index (κ3) is 21.6. The first-order chi connectivity index (χ1) is 14.4. The van der Waals surface area contributed by atoms with Crippen LogP contribution in [0.3, 0.4) is 0 Å². The summed E-state index contributed by atoms with van der Waals surface area (Å²) < 4.78 is 0. The van der Waals surface area contributed by atoms with Crippen LogP contribution in [0, 0.1) is 11.8 Å². The average molecular weight is 429 g/mol. The molecular formula is C26H52O4. The first-order valence-electron chi connectivity index (χ1n) is 12.9. The Labute approximate surface area is 187 Å². The molecule has 2 N–H and O–H groups in total. The van der Waals surface area contributed by atoms with Crippen LogP contribution in [0.15, 0.2) is 0 Å². The summed E-state index contributed by atoms with van der Waals surface area (Å²) in [6, 6.07) is 0. The Kier molecular flexibility index (Phi) is 25.1. The number of carbonyl (C=O) groups is 2. The van der Waals surface area contributed by atoms with Gasteiger partial charge in [-0.25, -0.2) is 0 Å². The lowest BCUT2D eigenvalue weighted by Gasteiger charge is -2.22. The largest absolute Gasteiger partial charge is 0.481 e. The van der Waals surface area contributed by atoms with Gasteiger partial charge >= 0.3 is 11.9 Å². The standard InChI is InChI=1S/C18H36O2.C8H16O2/c1-4-7-9-10-11-13-15-17(18(19)20)16(6-3)14-12-8-5-2;1-2-3-4-5-6-7-8(9)10/h16-17H,4-15H2,1-3H3,(H,19,20);2-7H2,1H3,(H,9,10). The highest BCUT2D eigenvalue weighted by Crippen LogP contribution is 2.27. The number of hydrogen-bond acceptors (Lipinski definition) is 2. The molecule has 0 heterocycles. The van der Waals surface area contributed by atoms with E-state index < -0.39 is 11.9 Å². The molecule has 0 saturated carbocycles. The van der Waals surface area contributed by atoms with Crippen molar-refractivity contribution in [3.63, 3.8) is 0 Å². The second-order valence-electron chi connectivity index (χ2n) is 8.72. The van der Waals surface area contributed by atoms with Gasteiger partial charge in [-0.15, -0.1) is 0 Å². The summed E-state index contributed by atoms with van der Waals surface area (Å²) in [6.07, 6.45) is 20.0. The molecule has 4 nitrogen and oxygen atoms in total. The maximum atomic E-state index is 11.5. The van der Waals surface area contributed by atoms with Crippen LogP contribution in [-0.2, 0) is 9.59 Å². The molecular weight excluding hydrogens is 376 g/mol. The zero-order valence-corrected chi connectivity index (χ0v) is 20.6. The molecule has 180 valence electrons. The van der Waals surface area contributed by atoms with E-state index in [9.17, 15) is 14.7 Å². The van der Waals surface area contributed by atoms with Crippen LogP contribution < -0.4 is 0 Å². The Morgan fingerprint density at radius 2 is 1.03 bits per heavy atom. The number of carboxylic acids is 2. The van der Waals surface area contributed by atoms with Crippen LogP contribution in [0.4, 0.5) is 0 Å². The van der Waals surface area contributed by atoms with E-state index in [0.717, 1.165) is 38.5 Å². The minimum absolute atomic E-state index is 0.108. The van der Waals surface area contributed by atoms with E-state index in [1.54, 1.807) is 0 Å². The molecule has 0 aromatic rings. The van der Waals surface area contributed by atoms with Crippen molar-refractivity contribution >= 4 is 11.9 Å². The highest BCUT2D eigenvalue weighted by molar-refractivity contribution is 5.70. The summed E-state index contributed by atoms with van der Waals surface area (Å²) in [4.78, 5) is 21.5. The van der Waals surface area contributed by atoms with Crippen LogP contribution in [0.25, 0.3) is 0 Å². The Morgan fingerprint density at radius 3 is 1.50 bits per heavy atom. The quantitative estimate of drug-likeness (QED) is 0.191. The molecule has 0 fully saturated rings. The van der Waals surface area contributed by atoms with Crippen molar-refractivity contribution < 1.29 is 19.8 Å². The number of aliphatic carboxylic acids is 2. The summed E-state index contributed by atoms with van der Waals surface area (Å²) in [5.41, 5.74) is 0. The highest BCUT2D eigenvalue weighted by Gasteiger charge is 2.25. The van der Waals surface area contributed by atoms with Crippen LogP contribution in [0.1, 0.15) is 143 Å². The van der Waals surface area contributed by atoms with E-state index in [-0.39, 0.29) is 5.92 Å². The zero-order valence-electron chi connectivity index (χ0n) is 20.6. The number of hydrogen-bond donors (Lipinski definition) is 2. The molecule has 2 unspecified atom stereocenters. The van der Waals surface area contributed by atoms with Crippen molar-refractivity contribution in [3.05, 3.63) is 0 Å². The van der Waals surface area contributed by atoms with Gasteiger partial charge < -0.3 is 10.2 Å². The van der Waals surface area contributed by atoms with E-state index >= 15 is 0 Å². The van der Waals surface area contributed by atoms with Crippen LogP contribution in [0.2, 0.25) is 0 Å². The molecule has 0 aliphatic heterocycles. The lowest BCUT2D eigenvalue weighted by molar-refractivity contribution is -0.144. The fourth-order valence-electron chi connectivity index (χ4n) is 3.93. The third-order valence-corrected chi connectivity index (χ3v) is 5.95. The molecule has 0 amide bonds. The molecule has 2 atom stereocenters. The summed E-state index contributed by atoms with van der Waals surface area (Å²) in [6.45, 7) is 8.72. The fraction of sp³-hybridized carbons (Fsp3) is 0.923. The normalized spacial score (nSPS) is 12.7. The van der Waals surface area contributed by atoms with Crippen molar-refractivity contribution in [1.29, 1.82) is 0 Å². The topological polar surface area (TPSA) is 74.6 Å². The summed E-state index contributed by atoms with van der Waals surface area (Å²) in [7, 11) is 0. The van der Waals surface area contributed by atoms with Crippen LogP contribution >= 0.6 is 0 Å². The first-order valence-corrected chi connectivity index (χ1v) is 12.9. The van der Waals surface area contributed by atoms with Gasteiger partial charge in [0, 0.05) is 6.42 Å². The Balaban J connectivity index is 0. The van der Waals surface area contributed by atoms with Crippen molar-refractivity contribution in [2.75, 3.05) is 0 Å². The molecule has 0 aliphatic carbocycles. The molecule has 0 bridgehead atoms. The van der Waals surface area contributed by atoms with Gasteiger partial charge in [-0.2, -0.15) is 0 Å². The van der Waals surface area contributed by atoms with E-state index in [4.69, 9.17) is 5.11 Å². The molecule has 0 aliphatic rings. The Hall–Kier alpha value is -1.06. The predicted octanol–water partition coefficient (Wildman–Crippen LogP) is 8.48. The number of carboxylic acid groups (broad SMARTS) is 2. The average Bonchev–Trinajstić information content (AvgIpc) is 2.71. The molecule has 0 spiro atoms. The van der Waals surface area contributed by atoms with Crippen molar-refractivity contribution in [1.82, 2.24) is 0 Å². The highest BCUT2D eigenvalue weighted by atomic mass is 16.4. The van der Waals surface area contributed by atoms with Gasteiger partial charge in [-0.3, -0.25) is 9.59 Å². The van der Waals surface area contributed by atoms with Crippen molar-refractivity contribution in [2.45, 2.75) is 143 Å². The van der Waals surface area contributed by atoms with E-state index in [0.29, 0.717) is 12.3 Å². The monoisotopic (exact) mass is 428 g/mol. The molecule has 4 heteroatoms. The lowest BCUT2D eigenvalue weighted by atomic mass is 9.82. The Morgan fingerprint density at radius 1 is 0.600 bits per heavy atom. The van der Waals surface area contributed by atoms with Crippen LogP contribution in [-0.4, -0.2) is 22.2 Å². The Bertz CT molecular complexity index is 381. The van der Waals surface area contributed by atoms with Crippen molar-refractivity contribution in [2.24, 2.45) is 11.8 Å². The predicted molar refractivity (Wildman–Crippen MR) is 128 cm³/mol. The van der Waals surface area contributed by atoms with Gasteiger partial charge in [0.15, 0.2) is 0 Å². The maximum Gasteiger partial charge on any atom is 0.306 e. The molecule has 0 radical (unpaired) electrons. The second kappa shape index (κ2) is 24.2. The SMILES string of the molecule is CCCCCCCC(=O)O.CCCCCCCCC(C(=O)O)C(CC)CCCCC. The summed E-state index contributed by atoms with van der Waals surface area (Å²) in [5, 5.41) is 17.7. The van der Waals surface area contributed by atoms with Crippen LogP contribution in [0.5, 0.6) is 0 Å². The zero-order chi connectivity index (χ0) is 23.0. The van der Waals surface area contributed by atoms with E-state index in [1.807, 2.05) is 0 Å². The van der Waals surface area contributed by atoms with Gasteiger partial charge in [-0.1, -0.05) is 118 Å². The van der Waals surface area contributed by atoms with Gasteiger partial charge in [0.1, 0.15) is 0 Å². The van der Waals surface area contributed by atoms with Gasteiger partial charge in [0.25, 0.3) is 0 Å². The molecule has 0 saturated heterocycles. The number of unbranched alkanes of at least 4 members (excludes halogenated alkanes) is 11. The number of rotatable bonds is 20. The van der Waals surface area contributed by atoms with E-state index in [1.165, 1.54) is 70.6 Å². The maximum absolute atomic E-state index is 11.5. The third-order valence-electron chi connectivity index (χ3n) is 5.95. The summed E-state index contributed by atoms with van der Waals surface area (Å²) >= 11 is 0. The first kappa shape index (κ1) is 31.1. The fourth-order valence-corrected chi connectivity index (χ4v) is 3.93. The van der Waals surface area contributed by atoms with E-state index in [2.05, 4.69) is 27.7 Å². The van der Waals surface area contributed by atoms with Gasteiger partial charge in [-0.05, 0) is 25.2 Å². The molecule has 0 rings (SSSR count).